The molecule has 0 radical (unpaired) electrons. The van der Waals surface area contributed by atoms with Gasteiger partial charge in [0, 0.05) is 24.2 Å². The lowest BCUT2D eigenvalue weighted by atomic mass is 10.2. The molecular weight excluding hydrogens is 230 g/mol. The number of amides is 1. The second kappa shape index (κ2) is 5.77. The largest absolute Gasteiger partial charge is 0.476 e. The molecule has 0 spiro atoms. The van der Waals surface area contributed by atoms with Crippen molar-refractivity contribution < 1.29 is 9.53 Å². The van der Waals surface area contributed by atoms with Gasteiger partial charge in [-0.15, -0.1) is 0 Å². The second-order valence-corrected chi connectivity index (χ2v) is 3.48. The van der Waals surface area contributed by atoms with Crippen molar-refractivity contribution in [3.05, 3.63) is 48.4 Å². The number of anilines is 1. The molecule has 0 aliphatic heterocycles. The Bertz CT molecular complexity index is 529. The Labute approximate surface area is 105 Å². The quantitative estimate of drug-likeness (QED) is 0.893. The molecule has 0 atom stereocenters. The molecule has 5 nitrogen and oxygen atoms in total. The van der Waals surface area contributed by atoms with Crippen molar-refractivity contribution in [3.8, 4) is 5.88 Å². The summed E-state index contributed by atoms with van der Waals surface area (Å²) in [5.41, 5.74) is 1.09. The van der Waals surface area contributed by atoms with Crippen LogP contribution >= 0.6 is 0 Å². The highest BCUT2D eigenvalue weighted by Crippen LogP contribution is 2.21. The highest BCUT2D eigenvalue weighted by molar-refractivity contribution is 6.04. The lowest BCUT2D eigenvalue weighted by molar-refractivity contribution is 0.102. The van der Waals surface area contributed by atoms with Crippen LogP contribution in [0, 0.1) is 0 Å². The van der Waals surface area contributed by atoms with Gasteiger partial charge in [0.1, 0.15) is 5.69 Å². The average molecular weight is 243 g/mol. The van der Waals surface area contributed by atoms with Crippen LogP contribution in [-0.4, -0.2) is 22.5 Å². The zero-order valence-corrected chi connectivity index (χ0v) is 9.96. The molecule has 1 N–H and O–H groups in total. The Kier molecular flexibility index (Phi) is 3.86. The fraction of sp³-hybridized carbons (Fsp3) is 0.154. The SMILES string of the molecule is CCOc1ncccc1NC(=O)c1ccncc1. The molecule has 2 rings (SSSR count). The first-order valence-electron chi connectivity index (χ1n) is 5.60. The fourth-order valence-electron chi connectivity index (χ4n) is 1.44. The topological polar surface area (TPSA) is 64.1 Å². The van der Waals surface area contributed by atoms with E-state index >= 15 is 0 Å². The van der Waals surface area contributed by atoms with Gasteiger partial charge >= 0.3 is 0 Å². The zero-order valence-electron chi connectivity index (χ0n) is 9.96. The molecule has 0 saturated carbocycles. The summed E-state index contributed by atoms with van der Waals surface area (Å²) >= 11 is 0. The number of carbonyl (C=O) groups excluding carboxylic acids is 1. The Morgan fingerprint density at radius 1 is 1.28 bits per heavy atom. The number of hydrogen-bond acceptors (Lipinski definition) is 4. The summed E-state index contributed by atoms with van der Waals surface area (Å²) in [7, 11) is 0. The van der Waals surface area contributed by atoms with Gasteiger partial charge < -0.3 is 10.1 Å². The molecule has 0 unspecified atom stereocenters. The summed E-state index contributed by atoms with van der Waals surface area (Å²) in [4.78, 5) is 19.9. The molecule has 0 aliphatic rings. The average Bonchev–Trinajstić information content (AvgIpc) is 2.42. The Morgan fingerprint density at radius 3 is 2.78 bits per heavy atom. The minimum atomic E-state index is -0.216. The van der Waals surface area contributed by atoms with Gasteiger partial charge in [-0.25, -0.2) is 4.98 Å². The van der Waals surface area contributed by atoms with Crippen LogP contribution in [0.2, 0.25) is 0 Å². The van der Waals surface area contributed by atoms with Crippen molar-refractivity contribution in [2.24, 2.45) is 0 Å². The third kappa shape index (κ3) is 2.82. The van der Waals surface area contributed by atoms with Crippen molar-refractivity contribution in [3.63, 3.8) is 0 Å². The minimum absolute atomic E-state index is 0.216. The third-order valence-electron chi connectivity index (χ3n) is 2.24. The van der Waals surface area contributed by atoms with Crippen LogP contribution in [0.3, 0.4) is 0 Å². The van der Waals surface area contributed by atoms with Crippen molar-refractivity contribution in [1.29, 1.82) is 0 Å². The van der Waals surface area contributed by atoms with Gasteiger partial charge in [0.15, 0.2) is 0 Å². The number of nitrogens with zero attached hydrogens (tertiary/aromatic N) is 2. The van der Waals surface area contributed by atoms with Crippen LogP contribution in [-0.2, 0) is 0 Å². The Balaban J connectivity index is 2.17. The van der Waals surface area contributed by atoms with E-state index < -0.39 is 0 Å². The first kappa shape index (κ1) is 12.0. The van der Waals surface area contributed by atoms with Crippen LogP contribution in [0.25, 0.3) is 0 Å². The standard InChI is InChI=1S/C13H13N3O2/c1-2-18-13-11(4-3-7-15-13)16-12(17)10-5-8-14-9-6-10/h3-9H,2H2,1H3,(H,16,17). The van der Waals surface area contributed by atoms with Gasteiger partial charge in [-0.2, -0.15) is 0 Å². The van der Waals surface area contributed by atoms with Crippen LogP contribution in [0.5, 0.6) is 5.88 Å². The summed E-state index contributed by atoms with van der Waals surface area (Å²) in [6, 6.07) is 6.78. The molecular formula is C13H13N3O2. The van der Waals surface area contributed by atoms with Crippen molar-refractivity contribution in [2.45, 2.75) is 6.92 Å². The maximum atomic E-state index is 11.9. The summed E-state index contributed by atoms with van der Waals surface area (Å²) in [5, 5.41) is 2.76. The molecule has 5 heteroatoms. The number of rotatable bonds is 4. The molecule has 0 aliphatic carbocycles. The molecule has 2 aromatic heterocycles. The predicted molar refractivity (Wildman–Crippen MR) is 67.6 cm³/mol. The number of pyridine rings is 2. The van der Waals surface area contributed by atoms with E-state index in [4.69, 9.17) is 4.74 Å². The van der Waals surface area contributed by atoms with Gasteiger partial charge in [-0.1, -0.05) is 0 Å². The summed E-state index contributed by atoms with van der Waals surface area (Å²) in [5.74, 6) is 0.203. The molecule has 1 amide bonds. The lowest BCUT2D eigenvalue weighted by Gasteiger charge is -2.09. The zero-order chi connectivity index (χ0) is 12.8. The molecule has 0 saturated heterocycles. The highest BCUT2D eigenvalue weighted by atomic mass is 16.5. The van der Waals surface area contributed by atoms with Gasteiger partial charge in [0.2, 0.25) is 5.88 Å². The van der Waals surface area contributed by atoms with Crippen LogP contribution in [0.4, 0.5) is 5.69 Å². The Morgan fingerprint density at radius 2 is 2.06 bits per heavy atom. The van der Waals surface area contributed by atoms with E-state index in [9.17, 15) is 4.79 Å². The number of hydrogen-bond donors (Lipinski definition) is 1. The summed E-state index contributed by atoms with van der Waals surface area (Å²) < 4.78 is 5.34. The van der Waals surface area contributed by atoms with E-state index in [1.807, 2.05) is 6.92 Å². The van der Waals surface area contributed by atoms with Crippen molar-refractivity contribution in [1.82, 2.24) is 9.97 Å². The first-order valence-corrected chi connectivity index (χ1v) is 5.60. The molecule has 2 aromatic rings. The molecule has 92 valence electrons. The molecule has 2 heterocycles. The third-order valence-corrected chi connectivity index (χ3v) is 2.24. The second-order valence-electron chi connectivity index (χ2n) is 3.48. The predicted octanol–water partition coefficient (Wildman–Crippen LogP) is 2.13. The first-order chi connectivity index (χ1) is 8.81. The van der Waals surface area contributed by atoms with Crippen LogP contribution in [0.15, 0.2) is 42.9 Å². The number of carbonyl (C=O) groups is 1. The van der Waals surface area contributed by atoms with Crippen LogP contribution in [0.1, 0.15) is 17.3 Å². The number of ether oxygens (including phenoxy) is 1. The monoisotopic (exact) mass is 243 g/mol. The number of nitrogens with one attached hydrogen (secondary N) is 1. The Hall–Kier alpha value is -2.43. The van der Waals surface area contributed by atoms with E-state index in [2.05, 4.69) is 15.3 Å². The van der Waals surface area contributed by atoms with Crippen LogP contribution < -0.4 is 10.1 Å². The summed E-state index contributed by atoms with van der Waals surface area (Å²) in [6.45, 7) is 2.36. The van der Waals surface area contributed by atoms with E-state index in [0.717, 1.165) is 0 Å². The maximum Gasteiger partial charge on any atom is 0.255 e. The lowest BCUT2D eigenvalue weighted by Crippen LogP contribution is -2.13. The van der Waals surface area contributed by atoms with Gasteiger partial charge in [-0.3, -0.25) is 9.78 Å². The number of aromatic nitrogens is 2. The van der Waals surface area contributed by atoms with E-state index in [0.29, 0.717) is 23.7 Å². The molecule has 18 heavy (non-hydrogen) atoms. The normalized spacial score (nSPS) is 9.83. The molecule has 0 aromatic carbocycles. The van der Waals surface area contributed by atoms with E-state index in [1.165, 1.54) is 0 Å². The summed E-state index contributed by atoms with van der Waals surface area (Å²) in [6.07, 6.45) is 4.76. The maximum absolute atomic E-state index is 11.9. The van der Waals surface area contributed by atoms with E-state index in [-0.39, 0.29) is 5.91 Å². The highest BCUT2D eigenvalue weighted by Gasteiger charge is 2.09. The van der Waals surface area contributed by atoms with Gasteiger partial charge in [0.05, 0.1) is 6.61 Å². The van der Waals surface area contributed by atoms with Gasteiger partial charge in [0.25, 0.3) is 5.91 Å². The van der Waals surface area contributed by atoms with E-state index in [1.54, 1.807) is 42.9 Å². The molecule has 0 fully saturated rings. The minimum Gasteiger partial charge on any atom is -0.476 e. The fourth-order valence-corrected chi connectivity index (χ4v) is 1.44. The van der Waals surface area contributed by atoms with Gasteiger partial charge in [-0.05, 0) is 31.2 Å². The van der Waals surface area contributed by atoms with Crippen molar-refractivity contribution >= 4 is 11.6 Å². The van der Waals surface area contributed by atoms with Crippen molar-refractivity contribution in [2.75, 3.05) is 11.9 Å². The molecule has 0 bridgehead atoms. The smallest absolute Gasteiger partial charge is 0.255 e.